The highest BCUT2D eigenvalue weighted by atomic mass is 16.3. The number of amides is 1. The van der Waals surface area contributed by atoms with Gasteiger partial charge in [0.25, 0.3) is 0 Å². The Morgan fingerprint density at radius 3 is 2.45 bits per heavy atom. The number of rotatable bonds is 5. The van der Waals surface area contributed by atoms with Crippen LogP contribution in [0.15, 0.2) is 28.7 Å². The van der Waals surface area contributed by atoms with Crippen LogP contribution < -0.4 is 15.1 Å². The van der Waals surface area contributed by atoms with Crippen LogP contribution in [0.25, 0.3) is 11.1 Å². The third-order valence-corrected chi connectivity index (χ3v) is 6.21. The summed E-state index contributed by atoms with van der Waals surface area (Å²) < 4.78 is 5.82. The van der Waals surface area contributed by atoms with Gasteiger partial charge < -0.3 is 19.5 Å². The molecule has 7 nitrogen and oxygen atoms in total. The number of nitrogens with zero attached hydrogens (tertiary/aromatic N) is 4. The Kier molecular flexibility index (Phi) is 5.85. The molecule has 0 radical (unpaired) electrons. The fourth-order valence-electron chi connectivity index (χ4n) is 4.16. The summed E-state index contributed by atoms with van der Waals surface area (Å²) in [5.41, 5.74) is 4.00. The predicted octanol–water partition coefficient (Wildman–Crippen LogP) is 3.75. The average Bonchev–Trinajstić information content (AvgIpc) is 3.05. The summed E-state index contributed by atoms with van der Waals surface area (Å²) >= 11 is 0. The second-order valence-electron chi connectivity index (χ2n) is 8.60. The highest BCUT2D eigenvalue weighted by Gasteiger charge is 2.28. The minimum absolute atomic E-state index is 0.0305. The number of fused-ring (bicyclic) bond motifs is 1. The zero-order chi connectivity index (χ0) is 22.1. The van der Waals surface area contributed by atoms with E-state index in [0.717, 1.165) is 59.7 Å². The molecule has 1 saturated heterocycles. The van der Waals surface area contributed by atoms with Gasteiger partial charge in [0.1, 0.15) is 17.4 Å². The summed E-state index contributed by atoms with van der Waals surface area (Å²) in [5.74, 6) is 2.68. The Bertz CT molecular complexity index is 1080. The van der Waals surface area contributed by atoms with E-state index >= 15 is 0 Å². The number of benzene rings is 1. The van der Waals surface area contributed by atoms with Crippen molar-refractivity contribution in [2.75, 3.05) is 37.0 Å². The Balaban J connectivity index is 1.37. The Morgan fingerprint density at radius 2 is 1.81 bits per heavy atom. The molecule has 7 heteroatoms. The van der Waals surface area contributed by atoms with Gasteiger partial charge in [0, 0.05) is 50.9 Å². The van der Waals surface area contributed by atoms with E-state index < -0.39 is 0 Å². The maximum atomic E-state index is 12.7. The van der Waals surface area contributed by atoms with E-state index in [1.165, 1.54) is 0 Å². The molecule has 4 rings (SSSR count). The average molecular weight is 422 g/mol. The van der Waals surface area contributed by atoms with Gasteiger partial charge in [0.2, 0.25) is 11.6 Å². The van der Waals surface area contributed by atoms with E-state index in [0.29, 0.717) is 18.1 Å². The first kappa shape index (κ1) is 21.2. The lowest BCUT2D eigenvalue weighted by atomic mass is 9.95. The Hall–Kier alpha value is -3.09. The van der Waals surface area contributed by atoms with E-state index in [4.69, 9.17) is 9.40 Å². The normalized spacial score (nSPS) is 14.8. The van der Waals surface area contributed by atoms with Gasteiger partial charge in [0.05, 0.1) is 5.39 Å². The van der Waals surface area contributed by atoms with Crippen LogP contribution in [0.2, 0.25) is 0 Å². The standard InChI is InChI=1S/C24H31N5O2/c1-15-16(2)31-24-21(15)22(26-17(3)27-24)29-12-10-19(11-13-29)23(30)25-14-18-6-8-20(9-7-18)28(4)5/h6-9,19H,10-14H2,1-5H3,(H,25,30). The molecule has 0 saturated carbocycles. The van der Waals surface area contributed by atoms with Crippen LogP contribution in [-0.2, 0) is 11.3 Å². The highest BCUT2D eigenvalue weighted by molar-refractivity contribution is 5.90. The molecular formula is C24H31N5O2. The maximum absolute atomic E-state index is 12.7. The van der Waals surface area contributed by atoms with E-state index in [1.54, 1.807) is 0 Å². The first-order valence-corrected chi connectivity index (χ1v) is 10.9. The molecule has 164 valence electrons. The van der Waals surface area contributed by atoms with Gasteiger partial charge in [-0.1, -0.05) is 12.1 Å². The maximum Gasteiger partial charge on any atom is 0.231 e. The van der Waals surface area contributed by atoms with Crippen LogP contribution in [0, 0.1) is 26.7 Å². The van der Waals surface area contributed by atoms with Crippen LogP contribution in [0.1, 0.15) is 35.6 Å². The van der Waals surface area contributed by atoms with Crippen LogP contribution in [0.3, 0.4) is 0 Å². The molecule has 1 fully saturated rings. The molecule has 1 amide bonds. The fourth-order valence-corrected chi connectivity index (χ4v) is 4.16. The Labute approximate surface area is 183 Å². The van der Waals surface area contributed by atoms with Crippen molar-refractivity contribution in [1.82, 2.24) is 15.3 Å². The molecule has 0 aliphatic carbocycles. The number of carbonyl (C=O) groups is 1. The molecule has 3 heterocycles. The minimum atomic E-state index is 0.0305. The monoisotopic (exact) mass is 421 g/mol. The van der Waals surface area contributed by atoms with Gasteiger partial charge in [-0.05, 0) is 51.3 Å². The molecule has 0 bridgehead atoms. The number of hydrogen-bond donors (Lipinski definition) is 1. The van der Waals surface area contributed by atoms with Crippen LogP contribution in [-0.4, -0.2) is 43.1 Å². The molecular weight excluding hydrogens is 390 g/mol. The molecule has 1 aliphatic rings. The zero-order valence-corrected chi connectivity index (χ0v) is 19.0. The number of piperidine rings is 1. The molecule has 1 aromatic carbocycles. The third kappa shape index (κ3) is 4.36. The van der Waals surface area contributed by atoms with E-state index in [-0.39, 0.29) is 11.8 Å². The van der Waals surface area contributed by atoms with Crippen molar-refractivity contribution >= 4 is 28.5 Å². The number of aryl methyl sites for hydroxylation is 3. The molecule has 2 aromatic heterocycles. The number of nitrogens with one attached hydrogen (secondary N) is 1. The molecule has 0 unspecified atom stereocenters. The van der Waals surface area contributed by atoms with Crippen molar-refractivity contribution in [3.63, 3.8) is 0 Å². The van der Waals surface area contributed by atoms with Gasteiger partial charge in [-0.25, -0.2) is 4.98 Å². The second kappa shape index (κ2) is 8.57. The number of furan rings is 1. The van der Waals surface area contributed by atoms with Crippen molar-refractivity contribution < 1.29 is 9.21 Å². The molecule has 1 aliphatic heterocycles. The van der Waals surface area contributed by atoms with Crippen LogP contribution >= 0.6 is 0 Å². The molecule has 3 aromatic rings. The van der Waals surface area contributed by atoms with Crippen molar-refractivity contribution in [3.8, 4) is 0 Å². The summed E-state index contributed by atoms with van der Waals surface area (Å²) in [6.07, 6.45) is 1.62. The first-order valence-electron chi connectivity index (χ1n) is 10.9. The smallest absolute Gasteiger partial charge is 0.231 e. The molecule has 0 spiro atoms. The number of hydrogen-bond acceptors (Lipinski definition) is 6. The summed E-state index contributed by atoms with van der Waals surface area (Å²) in [6.45, 7) is 8.05. The van der Waals surface area contributed by atoms with Gasteiger partial charge in [-0.3, -0.25) is 4.79 Å². The van der Waals surface area contributed by atoms with Crippen LogP contribution in [0.4, 0.5) is 11.5 Å². The fraction of sp³-hybridized carbons (Fsp3) is 0.458. The van der Waals surface area contributed by atoms with Crippen molar-refractivity contribution in [3.05, 3.63) is 47.0 Å². The van der Waals surface area contributed by atoms with Crippen molar-refractivity contribution in [2.24, 2.45) is 5.92 Å². The minimum Gasteiger partial charge on any atom is -0.443 e. The lowest BCUT2D eigenvalue weighted by molar-refractivity contribution is -0.125. The van der Waals surface area contributed by atoms with Crippen molar-refractivity contribution in [1.29, 1.82) is 0 Å². The van der Waals surface area contributed by atoms with Gasteiger partial charge >= 0.3 is 0 Å². The van der Waals surface area contributed by atoms with Gasteiger partial charge in [0.15, 0.2) is 0 Å². The van der Waals surface area contributed by atoms with Gasteiger partial charge in [-0.15, -0.1) is 0 Å². The second-order valence-corrected chi connectivity index (χ2v) is 8.60. The third-order valence-electron chi connectivity index (χ3n) is 6.21. The lowest BCUT2D eigenvalue weighted by Gasteiger charge is -2.32. The number of anilines is 2. The first-order chi connectivity index (χ1) is 14.8. The summed E-state index contributed by atoms with van der Waals surface area (Å²) in [5, 5.41) is 4.10. The van der Waals surface area contributed by atoms with Crippen LogP contribution in [0.5, 0.6) is 0 Å². The van der Waals surface area contributed by atoms with Gasteiger partial charge in [-0.2, -0.15) is 4.98 Å². The topological polar surface area (TPSA) is 74.5 Å². The highest BCUT2D eigenvalue weighted by Crippen LogP contribution is 2.33. The molecule has 31 heavy (non-hydrogen) atoms. The Morgan fingerprint density at radius 1 is 1.13 bits per heavy atom. The predicted molar refractivity (Wildman–Crippen MR) is 124 cm³/mol. The summed E-state index contributed by atoms with van der Waals surface area (Å²) in [7, 11) is 4.04. The zero-order valence-electron chi connectivity index (χ0n) is 19.0. The van der Waals surface area contributed by atoms with E-state index in [2.05, 4.69) is 51.3 Å². The summed E-state index contributed by atoms with van der Waals surface area (Å²) in [4.78, 5) is 26.2. The van der Waals surface area contributed by atoms with E-state index in [9.17, 15) is 4.79 Å². The summed E-state index contributed by atoms with van der Waals surface area (Å²) in [6, 6.07) is 8.28. The number of aromatic nitrogens is 2. The number of carbonyl (C=O) groups excluding carboxylic acids is 1. The van der Waals surface area contributed by atoms with E-state index in [1.807, 2.05) is 27.9 Å². The largest absolute Gasteiger partial charge is 0.443 e. The lowest BCUT2D eigenvalue weighted by Crippen LogP contribution is -2.40. The quantitative estimate of drug-likeness (QED) is 0.676. The SMILES string of the molecule is Cc1nc(N2CCC(C(=O)NCc3ccc(N(C)C)cc3)CC2)c2c(C)c(C)oc2n1. The molecule has 1 N–H and O–H groups in total. The van der Waals surface area contributed by atoms with Crippen molar-refractivity contribution in [2.45, 2.75) is 40.2 Å². The molecule has 0 atom stereocenters.